The molecule has 1 aromatic carbocycles. The Balaban J connectivity index is 2.74. The van der Waals surface area contributed by atoms with Crippen LogP contribution in [0.25, 0.3) is 0 Å². The fourth-order valence-electron chi connectivity index (χ4n) is 1.81. The Morgan fingerprint density at radius 1 is 1.45 bits per heavy atom. The fraction of sp³-hybridized carbons (Fsp3) is 0.500. The summed E-state index contributed by atoms with van der Waals surface area (Å²) in [6.45, 7) is 4.64. The number of benzene rings is 1. The monoisotopic (exact) mass is 318 g/mol. The molecule has 112 valence electrons. The maximum Gasteiger partial charge on any atom is 0.223 e. The largest absolute Gasteiger partial charge is 0.491 e. The Morgan fingerprint density at radius 2 is 2.15 bits per heavy atom. The van der Waals surface area contributed by atoms with Crippen molar-refractivity contribution in [2.45, 2.75) is 32.7 Å². The molecule has 0 fully saturated rings. The summed E-state index contributed by atoms with van der Waals surface area (Å²) in [5.41, 5.74) is 6.66. The van der Waals surface area contributed by atoms with Crippen LogP contribution >= 0.6 is 23.2 Å². The molecule has 1 amide bonds. The van der Waals surface area contributed by atoms with Gasteiger partial charge in [0.05, 0.1) is 18.1 Å². The lowest BCUT2D eigenvalue weighted by atomic mass is 10.1. The summed E-state index contributed by atoms with van der Waals surface area (Å²) in [5.74, 6) is 0.504. The van der Waals surface area contributed by atoms with Gasteiger partial charge < -0.3 is 15.8 Å². The second kappa shape index (κ2) is 8.35. The molecule has 1 aromatic rings. The standard InChI is InChI=1S/C14H20Cl2N2O2/c1-3-18-13(19)4-5-20-14-10(6-9(2)17)7-11(15)8-12(14)16/h7-9H,3-6,17H2,1-2H3,(H,18,19). The second-order valence-corrected chi connectivity index (χ2v) is 5.45. The highest BCUT2D eigenvalue weighted by Gasteiger charge is 2.13. The fourth-order valence-corrected chi connectivity index (χ4v) is 2.40. The number of carbonyl (C=O) groups is 1. The lowest BCUT2D eigenvalue weighted by Gasteiger charge is -2.15. The minimum Gasteiger partial charge on any atom is -0.491 e. The van der Waals surface area contributed by atoms with E-state index in [1.165, 1.54) is 0 Å². The highest BCUT2D eigenvalue weighted by atomic mass is 35.5. The Labute approximate surface area is 129 Å². The number of ether oxygens (including phenoxy) is 1. The molecule has 6 heteroatoms. The van der Waals surface area contributed by atoms with Gasteiger partial charge in [0.25, 0.3) is 0 Å². The molecule has 0 saturated carbocycles. The molecule has 0 aliphatic carbocycles. The van der Waals surface area contributed by atoms with E-state index in [1.807, 2.05) is 13.8 Å². The number of rotatable bonds is 7. The first-order valence-corrected chi connectivity index (χ1v) is 7.32. The quantitative estimate of drug-likeness (QED) is 0.812. The molecule has 0 aromatic heterocycles. The third-order valence-corrected chi connectivity index (χ3v) is 3.08. The first-order chi connectivity index (χ1) is 9.43. The van der Waals surface area contributed by atoms with Gasteiger partial charge in [-0.2, -0.15) is 0 Å². The van der Waals surface area contributed by atoms with Crippen LogP contribution in [0.5, 0.6) is 5.75 Å². The van der Waals surface area contributed by atoms with Crippen LogP contribution in [0.4, 0.5) is 0 Å². The zero-order valence-electron chi connectivity index (χ0n) is 11.7. The maximum atomic E-state index is 11.4. The zero-order valence-corrected chi connectivity index (χ0v) is 13.2. The van der Waals surface area contributed by atoms with Crippen LogP contribution in [0.1, 0.15) is 25.8 Å². The van der Waals surface area contributed by atoms with Crippen molar-refractivity contribution in [2.24, 2.45) is 5.73 Å². The normalized spacial score (nSPS) is 12.1. The number of hydrogen-bond donors (Lipinski definition) is 2. The van der Waals surface area contributed by atoms with Gasteiger partial charge in [0.2, 0.25) is 5.91 Å². The summed E-state index contributed by atoms with van der Waals surface area (Å²) in [6, 6.07) is 3.38. The molecular formula is C14H20Cl2N2O2. The van der Waals surface area contributed by atoms with Gasteiger partial charge in [-0.15, -0.1) is 0 Å². The number of carbonyl (C=O) groups excluding carboxylic acids is 1. The smallest absolute Gasteiger partial charge is 0.223 e. The molecule has 0 aliphatic heterocycles. The van der Waals surface area contributed by atoms with E-state index in [9.17, 15) is 4.79 Å². The van der Waals surface area contributed by atoms with E-state index in [0.717, 1.165) is 5.56 Å². The number of nitrogens with two attached hydrogens (primary N) is 1. The molecule has 3 N–H and O–H groups in total. The van der Waals surface area contributed by atoms with Crippen molar-refractivity contribution in [3.8, 4) is 5.75 Å². The van der Waals surface area contributed by atoms with Crippen LogP contribution in [0.15, 0.2) is 12.1 Å². The molecule has 1 unspecified atom stereocenters. The number of hydrogen-bond acceptors (Lipinski definition) is 3. The second-order valence-electron chi connectivity index (χ2n) is 4.61. The van der Waals surface area contributed by atoms with E-state index in [2.05, 4.69) is 5.32 Å². The molecular weight excluding hydrogens is 299 g/mol. The Kier molecular flexibility index (Phi) is 7.13. The van der Waals surface area contributed by atoms with Gasteiger partial charge in [-0.1, -0.05) is 23.2 Å². The van der Waals surface area contributed by atoms with Crippen LogP contribution < -0.4 is 15.8 Å². The Morgan fingerprint density at radius 3 is 2.75 bits per heavy atom. The third kappa shape index (κ3) is 5.57. The molecule has 1 rings (SSSR count). The third-order valence-electron chi connectivity index (χ3n) is 2.58. The van der Waals surface area contributed by atoms with Crippen molar-refractivity contribution in [3.63, 3.8) is 0 Å². The molecule has 0 radical (unpaired) electrons. The molecule has 1 atom stereocenters. The Bertz CT molecular complexity index is 465. The van der Waals surface area contributed by atoms with E-state index in [4.69, 9.17) is 33.7 Å². The van der Waals surface area contributed by atoms with Gasteiger partial charge in [0.1, 0.15) is 5.75 Å². The SMILES string of the molecule is CCNC(=O)CCOc1c(Cl)cc(Cl)cc1CC(C)N. The Hall–Kier alpha value is -0.970. The minimum absolute atomic E-state index is 0.0322. The number of nitrogens with one attached hydrogen (secondary N) is 1. The summed E-state index contributed by atoms with van der Waals surface area (Å²) in [6.07, 6.45) is 0.890. The van der Waals surface area contributed by atoms with Crippen LogP contribution in [-0.2, 0) is 11.2 Å². The van der Waals surface area contributed by atoms with E-state index in [-0.39, 0.29) is 25.0 Å². The highest BCUT2D eigenvalue weighted by molar-refractivity contribution is 6.35. The first kappa shape index (κ1) is 17.1. The van der Waals surface area contributed by atoms with Crippen molar-refractivity contribution in [1.82, 2.24) is 5.32 Å². The number of amides is 1. The van der Waals surface area contributed by atoms with Gasteiger partial charge in [0, 0.05) is 17.6 Å². The lowest BCUT2D eigenvalue weighted by Crippen LogP contribution is -2.24. The van der Waals surface area contributed by atoms with E-state index in [0.29, 0.717) is 28.8 Å². The summed E-state index contributed by atoms with van der Waals surface area (Å²) in [5, 5.41) is 3.69. The van der Waals surface area contributed by atoms with Crippen LogP contribution in [0.2, 0.25) is 10.0 Å². The average molecular weight is 319 g/mol. The summed E-state index contributed by atoms with van der Waals surface area (Å²) < 4.78 is 5.63. The van der Waals surface area contributed by atoms with Gasteiger partial charge >= 0.3 is 0 Å². The molecule has 0 heterocycles. The van der Waals surface area contributed by atoms with Gasteiger partial charge in [-0.3, -0.25) is 4.79 Å². The molecule has 4 nitrogen and oxygen atoms in total. The summed E-state index contributed by atoms with van der Waals surface area (Å²) in [7, 11) is 0. The van der Waals surface area contributed by atoms with Crippen LogP contribution in [-0.4, -0.2) is 25.1 Å². The van der Waals surface area contributed by atoms with E-state index in [1.54, 1.807) is 12.1 Å². The molecule has 0 bridgehead atoms. The predicted octanol–water partition coefficient (Wildman–Crippen LogP) is 2.79. The summed E-state index contributed by atoms with van der Waals surface area (Å²) in [4.78, 5) is 11.4. The lowest BCUT2D eigenvalue weighted by molar-refractivity contribution is -0.121. The van der Waals surface area contributed by atoms with Crippen molar-refractivity contribution >= 4 is 29.1 Å². The molecule has 0 saturated heterocycles. The van der Waals surface area contributed by atoms with Crippen molar-refractivity contribution in [2.75, 3.05) is 13.2 Å². The van der Waals surface area contributed by atoms with Gasteiger partial charge in [-0.05, 0) is 38.0 Å². The maximum absolute atomic E-state index is 11.4. The van der Waals surface area contributed by atoms with Gasteiger partial charge in [0.15, 0.2) is 0 Å². The minimum atomic E-state index is -0.0497. The zero-order chi connectivity index (χ0) is 15.1. The topological polar surface area (TPSA) is 64.3 Å². The van der Waals surface area contributed by atoms with Crippen LogP contribution in [0, 0.1) is 0 Å². The molecule has 0 spiro atoms. The van der Waals surface area contributed by atoms with Crippen molar-refractivity contribution in [1.29, 1.82) is 0 Å². The van der Waals surface area contributed by atoms with Crippen molar-refractivity contribution < 1.29 is 9.53 Å². The van der Waals surface area contributed by atoms with Crippen molar-refractivity contribution in [3.05, 3.63) is 27.7 Å². The highest BCUT2D eigenvalue weighted by Crippen LogP contribution is 2.33. The summed E-state index contributed by atoms with van der Waals surface area (Å²) >= 11 is 12.1. The van der Waals surface area contributed by atoms with Gasteiger partial charge in [-0.25, -0.2) is 0 Å². The molecule has 0 aliphatic rings. The predicted molar refractivity (Wildman–Crippen MR) is 82.6 cm³/mol. The first-order valence-electron chi connectivity index (χ1n) is 6.57. The molecule has 20 heavy (non-hydrogen) atoms. The number of halogens is 2. The van der Waals surface area contributed by atoms with E-state index >= 15 is 0 Å². The van der Waals surface area contributed by atoms with E-state index < -0.39 is 0 Å². The average Bonchev–Trinajstić information content (AvgIpc) is 2.32. The van der Waals surface area contributed by atoms with Crippen LogP contribution in [0.3, 0.4) is 0 Å².